The highest BCUT2D eigenvalue weighted by molar-refractivity contribution is 7.98. The molecule has 2 N–H and O–H groups in total. The number of anilines is 1. The SMILES string of the molecule is CSCC[C@@H](N)C(=O)N(C)c1ccc(C#N)cc1. The summed E-state index contributed by atoms with van der Waals surface area (Å²) in [6.07, 6.45) is 2.65. The van der Waals surface area contributed by atoms with Gasteiger partial charge in [0.1, 0.15) is 0 Å². The first kappa shape index (κ1) is 14.6. The van der Waals surface area contributed by atoms with Crippen LogP contribution >= 0.6 is 11.8 Å². The Balaban J connectivity index is 2.70. The molecule has 1 atom stereocenters. The molecule has 0 saturated heterocycles. The highest BCUT2D eigenvalue weighted by atomic mass is 32.2. The van der Waals surface area contributed by atoms with Crippen molar-refractivity contribution in [1.29, 1.82) is 5.26 Å². The standard InChI is InChI=1S/C13H17N3OS/c1-16(13(17)12(15)7-8-18-2)11-5-3-10(9-14)4-6-11/h3-6,12H,7-8,15H2,1-2H3/t12-/m1/s1. The molecule has 0 aliphatic rings. The Labute approximate surface area is 112 Å². The maximum atomic E-state index is 12.0. The van der Waals surface area contributed by atoms with Crippen molar-refractivity contribution in [2.75, 3.05) is 24.0 Å². The Morgan fingerprint density at radius 3 is 2.61 bits per heavy atom. The van der Waals surface area contributed by atoms with E-state index < -0.39 is 6.04 Å². The van der Waals surface area contributed by atoms with Crippen molar-refractivity contribution in [3.8, 4) is 6.07 Å². The smallest absolute Gasteiger partial charge is 0.243 e. The molecular formula is C13H17N3OS. The number of thioether (sulfide) groups is 1. The molecule has 0 bridgehead atoms. The molecule has 0 unspecified atom stereocenters. The largest absolute Gasteiger partial charge is 0.320 e. The van der Waals surface area contributed by atoms with E-state index in [1.54, 1.807) is 43.1 Å². The van der Waals surface area contributed by atoms with Gasteiger partial charge in [-0.1, -0.05) is 0 Å². The number of likely N-dealkylation sites (N-methyl/N-ethyl adjacent to an activating group) is 1. The Morgan fingerprint density at radius 2 is 2.11 bits per heavy atom. The number of rotatable bonds is 5. The molecular weight excluding hydrogens is 246 g/mol. The third-order valence-corrected chi connectivity index (χ3v) is 3.31. The molecule has 1 amide bonds. The summed E-state index contributed by atoms with van der Waals surface area (Å²) in [6.45, 7) is 0. The molecule has 18 heavy (non-hydrogen) atoms. The highest BCUT2D eigenvalue weighted by Crippen LogP contribution is 2.15. The Kier molecular flexibility index (Phi) is 5.69. The number of carbonyl (C=O) groups excluding carboxylic acids is 1. The van der Waals surface area contributed by atoms with Crippen LogP contribution in [0.3, 0.4) is 0 Å². The molecule has 0 fully saturated rings. The van der Waals surface area contributed by atoms with Gasteiger partial charge in [0.05, 0.1) is 17.7 Å². The molecule has 0 saturated carbocycles. The van der Waals surface area contributed by atoms with Gasteiger partial charge in [0.25, 0.3) is 0 Å². The minimum atomic E-state index is -0.474. The molecule has 0 spiro atoms. The molecule has 5 heteroatoms. The van der Waals surface area contributed by atoms with Crippen molar-refractivity contribution in [2.45, 2.75) is 12.5 Å². The molecule has 0 aliphatic heterocycles. The van der Waals surface area contributed by atoms with Gasteiger partial charge in [-0.2, -0.15) is 17.0 Å². The molecule has 0 aliphatic carbocycles. The van der Waals surface area contributed by atoms with Crippen molar-refractivity contribution >= 4 is 23.4 Å². The van der Waals surface area contributed by atoms with Crippen LogP contribution in [0.15, 0.2) is 24.3 Å². The van der Waals surface area contributed by atoms with E-state index >= 15 is 0 Å². The molecule has 1 aromatic rings. The summed E-state index contributed by atoms with van der Waals surface area (Å²) < 4.78 is 0. The topological polar surface area (TPSA) is 70.1 Å². The van der Waals surface area contributed by atoms with Gasteiger partial charge >= 0.3 is 0 Å². The van der Waals surface area contributed by atoms with E-state index in [0.717, 1.165) is 11.4 Å². The fraction of sp³-hybridized carbons (Fsp3) is 0.385. The van der Waals surface area contributed by atoms with Crippen LogP contribution in [0.1, 0.15) is 12.0 Å². The van der Waals surface area contributed by atoms with Crippen LogP contribution in [0.4, 0.5) is 5.69 Å². The van der Waals surface area contributed by atoms with Gasteiger partial charge in [0.2, 0.25) is 5.91 Å². The first-order valence-corrected chi connectivity index (χ1v) is 7.01. The van der Waals surface area contributed by atoms with Crippen LogP contribution in [-0.2, 0) is 4.79 Å². The van der Waals surface area contributed by atoms with Gasteiger partial charge in [-0.15, -0.1) is 0 Å². The zero-order chi connectivity index (χ0) is 13.5. The molecule has 0 radical (unpaired) electrons. The third kappa shape index (κ3) is 3.76. The number of hydrogen-bond donors (Lipinski definition) is 1. The van der Waals surface area contributed by atoms with Crippen LogP contribution < -0.4 is 10.6 Å². The Morgan fingerprint density at radius 1 is 1.50 bits per heavy atom. The quantitative estimate of drug-likeness (QED) is 0.876. The third-order valence-electron chi connectivity index (χ3n) is 2.66. The number of carbonyl (C=O) groups is 1. The Hall–Kier alpha value is -1.51. The Bertz CT molecular complexity index is 439. The summed E-state index contributed by atoms with van der Waals surface area (Å²) in [4.78, 5) is 13.6. The second kappa shape index (κ2) is 7.04. The van der Waals surface area contributed by atoms with Crippen LogP contribution in [-0.4, -0.2) is 31.0 Å². The number of nitrogens with zero attached hydrogens (tertiary/aromatic N) is 2. The molecule has 1 rings (SSSR count). The number of amides is 1. The summed E-state index contributed by atoms with van der Waals surface area (Å²) in [5.41, 5.74) is 7.16. The first-order chi connectivity index (χ1) is 8.60. The molecule has 1 aromatic carbocycles. The van der Waals surface area contributed by atoms with Crippen LogP contribution in [0, 0.1) is 11.3 Å². The first-order valence-electron chi connectivity index (χ1n) is 5.62. The van der Waals surface area contributed by atoms with Gasteiger partial charge < -0.3 is 10.6 Å². The molecule has 4 nitrogen and oxygen atoms in total. The second-order valence-corrected chi connectivity index (χ2v) is 4.93. The molecule has 0 aromatic heterocycles. The van der Waals surface area contributed by atoms with E-state index in [-0.39, 0.29) is 5.91 Å². The summed E-state index contributed by atoms with van der Waals surface area (Å²) in [5, 5.41) is 8.71. The minimum absolute atomic E-state index is 0.103. The van der Waals surface area contributed by atoms with Crippen molar-refractivity contribution < 1.29 is 4.79 Å². The van der Waals surface area contributed by atoms with Crippen LogP contribution in [0.5, 0.6) is 0 Å². The maximum absolute atomic E-state index is 12.0. The lowest BCUT2D eigenvalue weighted by Gasteiger charge is -2.21. The number of benzene rings is 1. The zero-order valence-corrected chi connectivity index (χ0v) is 11.4. The summed E-state index contributed by atoms with van der Waals surface area (Å²) in [7, 11) is 1.70. The van der Waals surface area contributed by atoms with E-state index in [0.29, 0.717) is 12.0 Å². The minimum Gasteiger partial charge on any atom is -0.320 e. The van der Waals surface area contributed by atoms with E-state index in [4.69, 9.17) is 11.0 Å². The monoisotopic (exact) mass is 263 g/mol. The normalized spacial score (nSPS) is 11.7. The number of hydrogen-bond acceptors (Lipinski definition) is 4. The predicted octanol–water partition coefficient (Wildman–Crippen LogP) is 1.60. The van der Waals surface area contributed by atoms with Gasteiger partial charge in [-0.05, 0) is 42.7 Å². The van der Waals surface area contributed by atoms with E-state index in [2.05, 4.69) is 0 Å². The lowest BCUT2D eigenvalue weighted by molar-refractivity contribution is -0.119. The van der Waals surface area contributed by atoms with Crippen LogP contribution in [0.25, 0.3) is 0 Å². The van der Waals surface area contributed by atoms with E-state index in [1.807, 2.05) is 12.3 Å². The predicted molar refractivity (Wildman–Crippen MR) is 75.5 cm³/mol. The summed E-state index contributed by atoms with van der Waals surface area (Å²) in [5.74, 6) is 0.766. The summed E-state index contributed by atoms with van der Waals surface area (Å²) in [6, 6.07) is 8.44. The average Bonchev–Trinajstić information content (AvgIpc) is 2.43. The highest BCUT2D eigenvalue weighted by Gasteiger charge is 2.18. The maximum Gasteiger partial charge on any atom is 0.243 e. The lowest BCUT2D eigenvalue weighted by Crippen LogP contribution is -2.42. The fourth-order valence-electron chi connectivity index (χ4n) is 1.50. The van der Waals surface area contributed by atoms with Crippen molar-refractivity contribution in [2.24, 2.45) is 5.73 Å². The fourth-order valence-corrected chi connectivity index (χ4v) is 1.99. The van der Waals surface area contributed by atoms with E-state index in [9.17, 15) is 4.79 Å². The molecule has 96 valence electrons. The summed E-state index contributed by atoms with van der Waals surface area (Å²) >= 11 is 1.67. The number of nitriles is 1. The average molecular weight is 263 g/mol. The molecule has 0 heterocycles. The number of nitrogens with two attached hydrogens (primary N) is 1. The van der Waals surface area contributed by atoms with Crippen molar-refractivity contribution in [3.63, 3.8) is 0 Å². The van der Waals surface area contributed by atoms with Gasteiger partial charge in [0, 0.05) is 12.7 Å². The second-order valence-electron chi connectivity index (χ2n) is 3.94. The van der Waals surface area contributed by atoms with Crippen molar-refractivity contribution in [3.05, 3.63) is 29.8 Å². The lowest BCUT2D eigenvalue weighted by atomic mass is 10.1. The van der Waals surface area contributed by atoms with Gasteiger partial charge in [-0.25, -0.2) is 0 Å². The van der Waals surface area contributed by atoms with Gasteiger partial charge in [-0.3, -0.25) is 4.79 Å². The van der Waals surface area contributed by atoms with Crippen molar-refractivity contribution in [1.82, 2.24) is 0 Å². The van der Waals surface area contributed by atoms with Crippen LogP contribution in [0.2, 0.25) is 0 Å². The van der Waals surface area contributed by atoms with Gasteiger partial charge in [0.15, 0.2) is 0 Å². The van der Waals surface area contributed by atoms with E-state index in [1.165, 1.54) is 4.90 Å². The zero-order valence-electron chi connectivity index (χ0n) is 10.6.